The third kappa shape index (κ3) is 4.90. The number of benzene rings is 2. The molecule has 2 N–H and O–H groups in total. The van der Waals surface area contributed by atoms with Crippen LogP contribution in [0.2, 0.25) is 0 Å². The highest BCUT2D eigenvalue weighted by atomic mass is 32.1. The Morgan fingerprint density at radius 3 is 2.73 bits per heavy atom. The van der Waals surface area contributed by atoms with E-state index in [0.717, 1.165) is 11.4 Å². The molecule has 0 saturated heterocycles. The molecule has 0 aliphatic heterocycles. The van der Waals surface area contributed by atoms with E-state index in [2.05, 4.69) is 36.3 Å². The molecule has 0 fully saturated rings. The van der Waals surface area contributed by atoms with E-state index in [4.69, 9.17) is 17.0 Å². The summed E-state index contributed by atoms with van der Waals surface area (Å²) >= 11 is 5.36. The number of rotatable bonds is 6. The first kappa shape index (κ1) is 16.0. The van der Waals surface area contributed by atoms with Crippen molar-refractivity contribution < 1.29 is 4.74 Å². The molecular weight excluding hydrogens is 292 g/mol. The summed E-state index contributed by atoms with van der Waals surface area (Å²) in [6.07, 6.45) is 1.72. The number of hydrogen-bond donors (Lipinski definition) is 2. The molecule has 114 valence electrons. The van der Waals surface area contributed by atoms with Crippen LogP contribution in [0.15, 0.2) is 67.3 Å². The molecule has 2 rings (SSSR count). The molecule has 1 atom stereocenters. The second kappa shape index (κ2) is 8.20. The largest absolute Gasteiger partial charge is 0.489 e. The quantitative estimate of drug-likeness (QED) is 0.615. The van der Waals surface area contributed by atoms with Crippen LogP contribution in [0.1, 0.15) is 18.5 Å². The highest BCUT2D eigenvalue weighted by Gasteiger charge is 2.06. The van der Waals surface area contributed by atoms with Gasteiger partial charge in [-0.1, -0.05) is 49.1 Å². The van der Waals surface area contributed by atoms with Crippen LogP contribution < -0.4 is 15.4 Å². The van der Waals surface area contributed by atoms with Gasteiger partial charge in [-0.2, -0.15) is 0 Å². The Kier molecular flexibility index (Phi) is 5.98. The molecule has 2 aromatic rings. The number of anilines is 1. The zero-order valence-corrected chi connectivity index (χ0v) is 13.4. The lowest BCUT2D eigenvalue weighted by molar-refractivity contribution is 0.363. The van der Waals surface area contributed by atoms with Gasteiger partial charge in [0.1, 0.15) is 12.4 Å². The van der Waals surface area contributed by atoms with E-state index in [9.17, 15) is 0 Å². The van der Waals surface area contributed by atoms with Gasteiger partial charge in [0.25, 0.3) is 0 Å². The van der Waals surface area contributed by atoms with Gasteiger partial charge in [-0.3, -0.25) is 0 Å². The van der Waals surface area contributed by atoms with Gasteiger partial charge in [-0.05, 0) is 36.8 Å². The monoisotopic (exact) mass is 312 g/mol. The van der Waals surface area contributed by atoms with Crippen molar-refractivity contribution >= 4 is 23.0 Å². The number of nitrogens with one attached hydrogen (secondary N) is 2. The lowest BCUT2D eigenvalue weighted by Crippen LogP contribution is -2.30. The molecule has 0 aliphatic rings. The van der Waals surface area contributed by atoms with Crippen molar-refractivity contribution in [2.75, 3.05) is 11.9 Å². The van der Waals surface area contributed by atoms with Crippen molar-refractivity contribution in [1.29, 1.82) is 0 Å². The topological polar surface area (TPSA) is 33.3 Å². The molecule has 3 nitrogen and oxygen atoms in total. The van der Waals surface area contributed by atoms with Crippen molar-refractivity contribution in [1.82, 2.24) is 5.32 Å². The minimum absolute atomic E-state index is 0.140. The Labute approximate surface area is 137 Å². The summed E-state index contributed by atoms with van der Waals surface area (Å²) in [6.45, 7) is 6.20. The molecule has 0 heterocycles. The van der Waals surface area contributed by atoms with Crippen LogP contribution in [0.4, 0.5) is 5.69 Å². The van der Waals surface area contributed by atoms with E-state index in [-0.39, 0.29) is 6.04 Å². The van der Waals surface area contributed by atoms with Crippen LogP contribution in [-0.4, -0.2) is 11.7 Å². The van der Waals surface area contributed by atoms with E-state index in [0.29, 0.717) is 11.7 Å². The fraction of sp³-hybridized carbons (Fsp3) is 0.167. The summed E-state index contributed by atoms with van der Waals surface area (Å²) in [6, 6.07) is 18.0. The number of thiocarbonyl (C=S) groups is 1. The van der Waals surface area contributed by atoms with Crippen molar-refractivity contribution in [3.8, 4) is 5.75 Å². The van der Waals surface area contributed by atoms with Crippen molar-refractivity contribution in [3.05, 3.63) is 72.8 Å². The van der Waals surface area contributed by atoms with Crippen LogP contribution in [0.25, 0.3) is 0 Å². The molecule has 0 unspecified atom stereocenters. The zero-order chi connectivity index (χ0) is 15.8. The summed E-state index contributed by atoms with van der Waals surface area (Å²) < 4.78 is 5.51. The van der Waals surface area contributed by atoms with Gasteiger partial charge < -0.3 is 15.4 Å². The van der Waals surface area contributed by atoms with E-state index in [1.165, 1.54) is 5.56 Å². The molecule has 22 heavy (non-hydrogen) atoms. The van der Waals surface area contributed by atoms with Crippen molar-refractivity contribution in [2.24, 2.45) is 0 Å². The average Bonchev–Trinajstić information content (AvgIpc) is 2.54. The van der Waals surface area contributed by atoms with Gasteiger partial charge in [-0.25, -0.2) is 0 Å². The first-order valence-corrected chi connectivity index (χ1v) is 7.56. The maximum Gasteiger partial charge on any atom is 0.171 e. The molecule has 4 heteroatoms. The Bertz CT molecular complexity index is 628. The Morgan fingerprint density at radius 2 is 2.00 bits per heavy atom. The van der Waals surface area contributed by atoms with E-state index in [1.807, 2.05) is 42.5 Å². The second-order valence-corrected chi connectivity index (χ2v) is 5.27. The Balaban J connectivity index is 1.93. The van der Waals surface area contributed by atoms with Crippen LogP contribution in [0, 0.1) is 0 Å². The van der Waals surface area contributed by atoms with E-state index >= 15 is 0 Å². The molecule has 0 bridgehead atoms. The zero-order valence-electron chi connectivity index (χ0n) is 12.6. The molecule has 0 aliphatic carbocycles. The fourth-order valence-corrected chi connectivity index (χ4v) is 2.30. The smallest absolute Gasteiger partial charge is 0.171 e. The van der Waals surface area contributed by atoms with Crippen LogP contribution in [0.5, 0.6) is 5.75 Å². The first-order valence-electron chi connectivity index (χ1n) is 7.15. The van der Waals surface area contributed by atoms with Gasteiger partial charge in [0.15, 0.2) is 5.11 Å². The third-order valence-electron chi connectivity index (χ3n) is 3.11. The highest BCUT2D eigenvalue weighted by Crippen LogP contribution is 2.18. The van der Waals surface area contributed by atoms with Gasteiger partial charge >= 0.3 is 0 Å². The number of hydrogen-bond acceptors (Lipinski definition) is 2. The normalized spacial score (nSPS) is 11.3. The molecule has 0 spiro atoms. The van der Waals surface area contributed by atoms with Gasteiger partial charge in [0.2, 0.25) is 0 Å². The van der Waals surface area contributed by atoms with Crippen LogP contribution >= 0.6 is 12.2 Å². The predicted molar refractivity (Wildman–Crippen MR) is 96.3 cm³/mol. The summed E-state index contributed by atoms with van der Waals surface area (Å²) in [5, 5.41) is 7.03. The predicted octanol–water partition coefficient (Wildman–Crippen LogP) is 4.30. The summed E-state index contributed by atoms with van der Waals surface area (Å²) in [7, 11) is 0. The minimum Gasteiger partial charge on any atom is -0.489 e. The first-order chi connectivity index (χ1) is 10.7. The van der Waals surface area contributed by atoms with E-state index in [1.54, 1.807) is 6.08 Å². The Morgan fingerprint density at radius 1 is 1.23 bits per heavy atom. The van der Waals surface area contributed by atoms with Crippen molar-refractivity contribution in [2.45, 2.75) is 13.0 Å². The van der Waals surface area contributed by atoms with E-state index < -0.39 is 0 Å². The molecule has 0 amide bonds. The molecule has 0 aromatic heterocycles. The SMILES string of the molecule is C=CCOc1cccc(NC(=S)N[C@@H](C)c2ccccc2)c1. The standard InChI is InChI=1S/C18H20N2OS/c1-3-12-21-17-11-7-10-16(13-17)20-18(22)19-14(2)15-8-5-4-6-9-15/h3-11,13-14H,1,12H2,2H3,(H2,19,20,22)/t14-/m0/s1. The fourth-order valence-electron chi connectivity index (χ4n) is 2.01. The summed E-state index contributed by atoms with van der Waals surface area (Å²) in [5.41, 5.74) is 2.08. The second-order valence-electron chi connectivity index (χ2n) is 4.86. The maximum atomic E-state index is 5.51. The minimum atomic E-state index is 0.140. The lowest BCUT2D eigenvalue weighted by Gasteiger charge is -2.17. The highest BCUT2D eigenvalue weighted by molar-refractivity contribution is 7.80. The van der Waals surface area contributed by atoms with Crippen molar-refractivity contribution in [3.63, 3.8) is 0 Å². The van der Waals surface area contributed by atoms with Gasteiger partial charge in [-0.15, -0.1) is 0 Å². The molecular formula is C18H20N2OS. The van der Waals surface area contributed by atoms with Crippen LogP contribution in [-0.2, 0) is 0 Å². The average molecular weight is 312 g/mol. The number of ether oxygens (including phenoxy) is 1. The summed E-state index contributed by atoms with van der Waals surface area (Å²) in [5.74, 6) is 0.781. The van der Waals surface area contributed by atoms with Crippen LogP contribution in [0.3, 0.4) is 0 Å². The third-order valence-corrected chi connectivity index (χ3v) is 3.33. The summed E-state index contributed by atoms with van der Waals surface area (Å²) in [4.78, 5) is 0. The Hall–Kier alpha value is -2.33. The molecule has 0 saturated carbocycles. The maximum absolute atomic E-state index is 5.51. The molecule has 2 aromatic carbocycles. The lowest BCUT2D eigenvalue weighted by atomic mass is 10.1. The molecule has 0 radical (unpaired) electrons. The van der Waals surface area contributed by atoms with Gasteiger partial charge in [0, 0.05) is 11.8 Å². The van der Waals surface area contributed by atoms with Gasteiger partial charge in [0.05, 0.1) is 6.04 Å².